The third-order valence-corrected chi connectivity index (χ3v) is 3.73. The Balaban J connectivity index is 2.30. The largest absolute Gasteiger partial charge is 0.480 e. The van der Waals surface area contributed by atoms with Gasteiger partial charge in [0, 0.05) is 23.1 Å². The molecule has 0 aromatic heterocycles. The van der Waals surface area contributed by atoms with E-state index in [0.29, 0.717) is 12.1 Å². The Bertz CT molecular complexity index is 537. The maximum Gasteiger partial charge on any atom is 0.320 e. The molecule has 0 saturated carbocycles. The van der Waals surface area contributed by atoms with Gasteiger partial charge in [-0.1, -0.05) is 29.8 Å². The number of urea groups is 1. The number of rotatable bonds is 9. The van der Waals surface area contributed by atoms with E-state index in [-0.39, 0.29) is 24.9 Å². The fraction of sp³-hybridized carbons (Fsp3) is 0.500. The van der Waals surface area contributed by atoms with Crippen LogP contribution in [0.25, 0.3) is 0 Å². The maximum atomic E-state index is 11.7. The van der Waals surface area contributed by atoms with Gasteiger partial charge in [-0.2, -0.15) is 0 Å². The van der Waals surface area contributed by atoms with E-state index >= 15 is 0 Å². The first-order chi connectivity index (χ1) is 11.3. The van der Waals surface area contributed by atoms with Gasteiger partial charge in [0.15, 0.2) is 0 Å². The first kappa shape index (κ1) is 20.4. The van der Waals surface area contributed by atoms with Crippen LogP contribution in [0.1, 0.15) is 26.7 Å². The summed E-state index contributed by atoms with van der Waals surface area (Å²) < 4.78 is 0.914. The van der Waals surface area contributed by atoms with Crippen molar-refractivity contribution in [3.8, 4) is 0 Å². The van der Waals surface area contributed by atoms with E-state index in [1.807, 2.05) is 26.0 Å². The number of carboxylic acid groups (broad SMARTS) is 1. The highest BCUT2D eigenvalue weighted by molar-refractivity contribution is 9.10. The van der Waals surface area contributed by atoms with Crippen LogP contribution >= 0.6 is 15.9 Å². The SMILES string of the molecule is CC(C)C[C@H](NC(O)CCNC(=O)Nc1ccc(Br)cc1)C(=O)O. The molecule has 24 heavy (non-hydrogen) atoms. The first-order valence-electron chi connectivity index (χ1n) is 7.75. The third kappa shape index (κ3) is 8.28. The summed E-state index contributed by atoms with van der Waals surface area (Å²) >= 11 is 3.31. The number of amides is 2. The van der Waals surface area contributed by atoms with E-state index in [9.17, 15) is 14.7 Å². The van der Waals surface area contributed by atoms with Crippen molar-refractivity contribution in [1.82, 2.24) is 10.6 Å². The summed E-state index contributed by atoms with van der Waals surface area (Å²) in [5.74, 6) is -0.802. The lowest BCUT2D eigenvalue weighted by Gasteiger charge is -2.20. The van der Waals surface area contributed by atoms with Crippen LogP contribution in [0.3, 0.4) is 0 Å². The standard InChI is InChI=1S/C16H24BrN3O4/c1-10(2)9-13(15(22)23)20-14(21)7-8-18-16(24)19-12-5-3-11(17)4-6-12/h3-6,10,13-14,20-21H,7-9H2,1-2H3,(H,22,23)(H2,18,19,24)/t13-,14?/m0/s1. The van der Waals surface area contributed by atoms with Crippen molar-refractivity contribution in [2.24, 2.45) is 5.92 Å². The minimum absolute atomic E-state index is 0.195. The van der Waals surface area contributed by atoms with Crippen LogP contribution in [0.2, 0.25) is 0 Å². The summed E-state index contributed by atoms with van der Waals surface area (Å²) in [5.41, 5.74) is 0.650. The predicted molar refractivity (Wildman–Crippen MR) is 95.8 cm³/mol. The highest BCUT2D eigenvalue weighted by Gasteiger charge is 2.21. The van der Waals surface area contributed by atoms with Crippen LogP contribution in [0.4, 0.5) is 10.5 Å². The topological polar surface area (TPSA) is 111 Å². The van der Waals surface area contributed by atoms with Gasteiger partial charge < -0.3 is 20.8 Å². The summed E-state index contributed by atoms with van der Waals surface area (Å²) in [6.07, 6.45) is -0.377. The quantitative estimate of drug-likeness (QED) is 0.408. The molecule has 0 heterocycles. The Labute approximate surface area is 150 Å². The number of nitrogens with one attached hydrogen (secondary N) is 3. The predicted octanol–water partition coefficient (Wildman–Crippen LogP) is 2.37. The van der Waals surface area contributed by atoms with Crippen LogP contribution in [0, 0.1) is 5.92 Å². The number of aliphatic carboxylic acids is 1. The number of hydrogen-bond donors (Lipinski definition) is 5. The van der Waals surface area contributed by atoms with Gasteiger partial charge >= 0.3 is 12.0 Å². The lowest BCUT2D eigenvalue weighted by Crippen LogP contribution is -2.45. The van der Waals surface area contributed by atoms with E-state index in [0.717, 1.165) is 4.47 Å². The molecular weight excluding hydrogens is 378 g/mol. The zero-order valence-electron chi connectivity index (χ0n) is 13.8. The molecule has 0 fully saturated rings. The Morgan fingerprint density at radius 2 is 1.83 bits per heavy atom. The molecule has 2 atom stereocenters. The van der Waals surface area contributed by atoms with Crippen LogP contribution in [0.15, 0.2) is 28.7 Å². The second-order valence-corrected chi connectivity index (χ2v) is 6.79. The minimum atomic E-state index is -1.00. The summed E-state index contributed by atoms with van der Waals surface area (Å²) in [7, 11) is 0. The summed E-state index contributed by atoms with van der Waals surface area (Å²) in [4.78, 5) is 22.8. The molecule has 5 N–H and O–H groups in total. The molecule has 0 aliphatic rings. The Kier molecular flexibility index (Phi) is 8.73. The van der Waals surface area contributed by atoms with Gasteiger partial charge in [0.2, 0.25) is 0 Å². The fourth-order valence-electron chi connectivity index (χ4n) is 2.06. The number of halogens is 1. The molecule has 0 aliphatic carbocycles. The molecule has 8 heteroatoms. The number of hydrogen-bond acceptors (Lipinski definition) is 4. The molecule has 2 amide bonds. The molecule has 134 valence electrons. The van der Waals surface area contributed by atoms with E-state index in [4.69, 9.17) is 5.11 Å². The number of carbonyl (C=O) groups is 2. The van der Waals surface area contributed by atoms with Crippen molar-refractivity contribution in [2.75, 3.05) is 11.9 Å². The van der Waals surface area contributed by atoms with E-state index in [1.165, 1.54) is 0 Å². The molecular formula is C16H24BrN3O4. The smallest absolute Gasteiger partial charge is 0.320 e. The van der Waals surface area contributed by atoms with Crippen molar-refractivity contribution < 1.29 is 19.8 Å². The van der Waals surface area contributed by atoms with Crippen molar-refractivity contribution in [2.45, 2.75) is 39.0 Å². The number of carboxylic acids is 1. The van der Waals surface area contributed by atoms with Gasteiger partial charge in [-0.05, 0) is 36.6 Å². The van der Waals surface area contributed by atoms with Crippen molar-refractivity contribution in [3.63, 3.8) is 0 Å². The highest BCUT2D eigenvalue weighted by Crippen LogP contribution is 2.13. The van der Waals surface area contributed by atoms with Crippen molar-refractivity contribution >= 4 is 33.6 Å². The van der Waals surface area contributed by atoms with Crippen molar-refractivity contribution in [1.29, 1.82) is 0 Å². The van der Waals surface area contributed by atoms with Gasteiger partial charge in [-0.3, -0.25) is 10.1 Å². The molecule has 1 aromatic rings. The second-order valence-electron chi connectivity index (χ2n) is 5.88. The number of aliphatic hydroxyl groups is 1. The van der Waals surface area contributed by atoms with Gasteiger partial charge in [0.05, 0.1) is 0 Å². The summed E-state index contributed by atoms with van der Waals surface area (Å²) in [6, 6.07) is 5.93. The molecule has 0 spiro atoms. The average Bonchev–Trinajstić information content (AvgIpc) is 2.48. The Hall–Kier alpha value is -1.64. The summed E-state index contributed by atoms with van der Waals surface area (Å²) in [6.45, 7) is 4.04. The number of carbonyl (C=O) groups excluding carboxylic acids is 1. The first-order valence-corrected chi connectivity index (χ1v) is 8.54. The van der Waals surface area contributed by atoms with Crippen LogP contribution in [-0.2, 0) is 4.79 Å². The molecule has 0 radical (unpaired) electrons. The fourth-order valence-corrected chi connectivity index (χ4v) is 2.32. The van der Waals surface area contributed by atoms with E-state index < -0.39 is 18.2 Å². The monoisotopic (exact) mass is 401 g/mol. The number of aliphatic hydroxyl groups excluding tert-OH is 1. The van der Waals surface area contributed by atoms with Gasteiger partial charge in [0.25, 0.3) is 0 Å². The van der Waals surface area contributed by atoms with E-state index in [1.54, 1.807) is 12.1 Å². The average molecular weight is 402 g/mol. The zero-order chi connectivity index (χ0) is 18.1. The van der Waals surface area contributed by atoms with Crippen LogP contribution in [-0.4, -0.2) is 41.0 Å². The zero-order valence-corrected chi connectivity index (χ0v) is 15.3. The van der Waals surface area contributed by atoms with Crippen LogP contribution < -0.4 is 16.0 Å². The molecule has 1 rings (SSSR count). The number of anilines is 1. The van der Waals surface area contributed by atoms with E-state index in [2.05, 4.69) is 31.9 Å². The van der Waals surface area contributed by atoms with Gasteiger partial charge in [0.1, 0.15) is 12.3 Å². The Morgan fingerprint density at radius 1 is 1.21 bits per heavy atom. The van der Waals surface area contributed by atoms with Crippen LogP contribution in [0.5, 0.6) is 0 Å². The minimum Gasteiger partial charge on any atom is -0.480 e. The normalized spacial score (nSPS) is 13.4. The van der Waals surface area contributed by atoms with Gasteiger partial charge in [-0.15, -0.1) is 0 Å². The molecule has 0 aliphatic heterocycles. The molecule has 1 unspecified atom stereocenters. The molecule has 0 saturated heterocycles. The number of benzene rings is 1. The molecule has 7 nitrogen and oxygen atoms in total. The summed E-state index contributed by atoms with van der Waals surface area (Å²) in [5, 5.41) is 26.9. The molecule has 0 bridgehead atoms. The highest BCUT2D eigenvalue weighted by atomic mass is 79.9. The third-order valence-electron chi connectivity index (χ3n) is 3.20. The maximum absolute atomic E-state index is 11.7. The van der Waals surface area contributed by atoms with Crippen molar-refractivity contribution in [3.05, 3.63) is 28.7 Å². The lowest BCUT2D eigenvalue weighted by atomic mass is 10.0. The lowest BCUT2D eigenvalue weighted by molar-refractivity contribution is -0.141. The van der Waals surface area contributed by atoms with Gasteiger partial charge in [-0.25, -0.2) is 4.79 Å². The second kappa shape index (κ2) is 10.3. The Morgan fingerprint density at radius 3 is 2.38 bits per heavy atom. The molecule has 1 aromatic carbocycles.